The maximum Gasteiger partial charge on any atom is 0.263 e. The van der Waals surface area contributed by atoms with Gasteiger partial charge in [0.15, 0.2) is 0 Å². The number of carbonyl (C=O) groups is 2. The third-order valence-electron chi connectivity index (χ3n) is 6.90. The fraction of sp³-hybridized carbons (Fsp3) is 0.296. The molecular formula is C27H27N5O2S. The number of hydrogen-bond donors (Lipinski definition) is 2. The number of piperazine rings is 1. The monoisotopic (exact) mass is 485 g/mol. The Kier molecular flexibility index (Phi) is 5.62. The number of pyridine rings is 1. The zero-order valence-electron chi connectivity index (χ0n) is 19.6. The highest BCUT2D eigenvalue weighted by Gasteiger charge is 2.25. The minimum Gasteiger partial charge on any atom is -0.381 e. The van der Waals surface area contributed by atoms with E-state index >= 15 is 0 Å². The van der Waals surface area contributed by atoms with Crippen LogP contribution in [0.25, 0.3) is 32.2 Å². The van der Waals surface area contributed by atoms with Crippen molar-refractivity contribution < 1.29 is 9.59 Å². The lowest BCUT2D eigenvalue weighted by Gasteiger charge is -2.35. The van der Waals surface area contributed by atoms with Gasteiger partial charge in [-0.15, -0.1) is 11.3 Å². The number of nitrogens with one attached hydrogen (secondary N) is 2. The quantitative estimate of drug-likeness (QED) is 0.426. The Hall–Kier alpha value is -3.49. The van der Waals surface area contributed by atoms with Gasteiger partial charge in [0.1, 0.15) is 11.2 Å². The van der Waals surface area contributed by atoms with Crippen molar-refractivity contribution in [3.05, 3.63) is 53.4 Å². The molecule has 0 spiro atoms. The number of anilines is 2. The number of fused-ring (bicyclic) bond motifs is 5. The van der Waals surface area contributed by atoms with Gasteiger partial charge in [0.05, 0.1) is 23.4 Å². The van der Waals surface area contributed by atoms with Crippen molar-refractivity contribution in [3.8, 4) is 11.3 Å². The predicted octanol–water partition coefficient (Wildman–Crippen LogP) is 3.98. The topological polar surface area (TPSA) is 77.6 Å². The first-order chi connectivity index (χ1) is 17.1. The SMILES string of the molecule is C[C@@H]1CNc2c(sc3ccc4nc(-c5cccc(N6CCN(CC=O)CC6)c5)ccc4c23)C(=O)N1. The van der Waals surface area contributed by atoms with Crippen LogP contribution in [0.3, 0.4) is 0 Å². The van der Waals surface area contributed by atoms with Gasteiger partial charge in [0.2, 0.25) is 0 Å². The fourth-order valence-corrected chi connectivity index (χ4v) is 6.14. The molecule has 8 heteroatoms. The largest absolute Gasteiger partial charge is 0.381 e. The highest BCUT2D eigenvalue weighted by molar-refractivity contribution is 7.21. The molecule has 7 nitrogen and oxygen atoms in total. The molecule has 0 bridgehead atoms. The number of nitrogens with zero attached hydrogens (tertiary/aromatic N) is 3. The van der Waals surface area contributed by atoms with E-state index in [1.54, 1.807) is 0 Å². The Labute approximate surface area is 207 Å². The van der Waals surface area contributed by atoms with E-state index in [0.29, 0.717) is 13.1 Å². The molecule has 1 amide bonds. The van der Waals surface area contributed by atoms with Crippen molar-refractivity contribution in [2.75, 3.05) is 49.5 Å². The average Bonchev–Trinajstić information content (AvgIpc) is 3.20. The number of carbonyl (C=O) groups excluding carboxylic acids is 2. The second-order valence-corrected chi connectivity index (χ2v) is 10.3. The predicted molar refractivity (Wildman–Crippen MR) is 143 cm³/mol. The number of thiophene rings is 1. The van der Waals surface area contributed by atoms with Gasteiger partial charge in [-0.25, -0.2) is 4.98 Å². The van der Waals surface area contributed by atoms with Crippen molar-refractivity contribution in [2.45, 2.75) is 13.0 Å². The molecule has 0 saturated carbocycles. The van der Waals surface area contributed by atoms with Gasteiger partial charge in [-0.3, -0.25) is 9.69 Å². The second kappa shape index (κ2) is 8.94. The molecule has 1 fully saturated rings. The van der Waals surface area contributed by atoms with Gasteiger partial charge in [0.25, 0.3) is 5.91 Å². The zero-order valence-corrected chi connectivity index (χ0v) is 20.4. The first kappa shape index (κ1) is 22.0. The fourth-order valence-electron chi connectivity index (χ4n) is 5.04. The summed E-state index contributed by atoms with van der Waals surface area (Å²) in [4.78, 5) is 33.8. The van der Waals surface area contributed by atoms with Gasteiger partial charge < -0.3 is 20.3 Å². The first-order valence-corrected chi connectivity index (χ1v) is 12.8. The number of rotatable bonds is 4. The summed E-state index contributed by atoms with van der Waals surface area (Å²) in [5.74, 6) is -0.0137. The van der Waals surface area contributed by atoms with Crippen LogP contribution in [0, 0.1) is 0 Å². The molecule has 2 aliphatic heterocycles. The van der Waals surface area contributed by atoms with Crippen LogP contribution < -0.4 is 15.5 Å². The number of aromatic nitrogens is 1. The summed E-state index contributed by atoms with van der Waals surface area (Å²) in [6, 6.07) is 16.9. The minimum absolute atomic E-state index is 0.0137. The highest BCUT2D eigenvalue weighted by Crippen LogP contribution is 2.41. The summed E-state index contributed by atoms with van der Waals surface area (Å²) in [6.07, 6.45) is 0.980. The smallest absolute Gasteiger partial charge is 0.263 e. The van der Waals surface area contributed by atoms with Crippen LogP contribution >= 0.6 is 11.3 Å². The molecule has 2 aromatic heterocycles. The summed E-state index contributed by atoms with van der Waals surface area (Å²) in [5, 5.41) is 8.68. The molecule has 0 unspecified atom stereocenters. The van der Waals surface area contributed by atoms with Gasteiger partial charge in [0, 0.05) is 65.5 Å². The molecule has 6 rings (SSSR count). The highest BCUT2D eigenvalue weighted by atomic mass is 32.1. The Morgan fingerprint density at radius 1 is 1.11 bits per heavy atom. The Morgan fingerprint density at radius 2 is 1.97 bits per heavy atom. The number of amides is 1. The van der Waals surface area contributed by atoms with E-state index in [1.807, 2.05) is 13.0 Å². The molecule has 178 valence electrons. The standard InChI is InChI=1S/C27H27N5O2S/c1-17-16-28-25-24-20-5-6-21(30-22(20)7-8-23(24)35-26(25)27(34)29-17)18-3-2-4-19(15-18)32-11-9-31(10-12-32)13-14-33/h2-8,14-15,17,28H,9-13,16H2,1H3,(H,29,34)/t17-/m1/s1. The summed E-state index contributed by atoms with van der Waals surface area (Å²) in [5.41, 5.74) is 5.03. The van der Waals surface area contributed by atoms with Crippen molar-refractivity contribution in [1.29, 1.82) is 0 Å². The molecule has 1 saturated heterocycles. The molecule has 35 heavy (non-hydrogen) atoms. The van der Waals surface area contributed by atoms with Crippen molar-refractivity contribution >= 4 is 55.9 Å². The summed E-state index contributed by atoms with van der Waals surface area (Å²) in [6.45, 7) is 6.81. The molecule has 2 aromatic carbocycles. The van der Waals surface area contributed by atoms with Crippen molar-refractivity contribution in [2.24, 2.45) is 0 Å². The maximum atomic E-state index is 12.7. The number of hydrogen-bond acceptors (Lipinski definition) is 7. The van der Waals surface area contributed by atoms with Crippen LogP contribution in [-0.2, 0) is 4.79 Å². The lowest BCUT2D eigenvalue weighted by Crippen LogP contribution is -2.46. The lowest BCUT2D eigenvalue weighted by atomic mass is 10.1. The summed E-state index contributed by atoms with van der Waals surface area (Å²) in [7, 11) is 0. The van der Waals surface area contributed by atoms with E-state index in [0.717, 1.165) is 75.3 Å². The minimum atomic E-state index is -0.0137. The Morgan fingerprint density at radius 3 is 2.80 bits per heavy atom. The molecule has 0 radical (unpaired) electrons. The van der Waals surface area contributed by atoms with Crippen LogP contribution in [0.2, 0.25) is 0 Å². The van der Waals surface area contributed by atoms with Gasteiger partial charge in [-0.05, 0) is 43.3 Å². The molecule has 2 aliphatic rings. The molecule has 4 heterocycles. The second-order valence-electron chi connectivity index (χ2n) is 9.27. The van der Waals surface area contributed by atoms with Crippen LogP contribution in [0.15, 0.2) is 48.5 Å². The Balaban J connectivity index is 1.34. The van der Waals surface area contributed by atoms with Gasteiger partial charge >= 0.3 is 0 Å². The van der Waals surface area contributed by atoms with Crippen LogP contribution in [0.1, 0.15) is 16.6 Å². The van der Waals surface area contributed by atoms with Crippen molar-refractivity contribution in [3.63, 3.8) is 0 Å². The number of aldehydes is 1. The Bertz CT molecular complexity index is 1440. The van der Waals surface area contributed by atoms with E-state index in [4.69, 9.17) is 4.98 Å². The van der Waals surface area contributed by atoms with E-state index in [2.05, 4.69) is 62.9 Å². The normalized spacial score (nSPS) is 18.7. The van der Waals surface area contributed by atoms with E-state index < -0.39 is 0 Å². The van der Waals surface area contributed by atoms with Crippen LogP contribution in [0.4, 0.5) is 11.4 Å². The first-order valence-electron chi connectivity index (χ1n) is 12.0. The third-order valence-corrected chi connectivity index (χ3v) is 8.06. The lowest BCUT2D eigenvalue weighted by molar-refractivity contribution is -0.108. The zero-order chi connectivity index (χ0) is 23.9. The van der Waals surface area contributed by atoms with E-state index in [1.165, 1.54) is 17.0 Å². The number of benzene rings is 2. The third kappa shape index (κ3) is 4.02. The van der Waals surface area contributed by atoms with E-state index in [9.17, 15) is 9.59 Å². The summed E-state index contributed by atoms with van der Waals surface area (Å²) < 4.78 is 1.09. The molecule has 1 atom stereocenters. The van der Waals surface area contributed by atoms with Gasteiger partial charge in [-0.2, -0.15) is 0 Å². The van der Waals surface area contributed by atoms with E-state index in [-0.39, 0.29) is 11.9 Å². The van der Waals surface area contributed by atoms with Gasteiger partial charge in [-0.1, -0.05) is 12.1 Å². The molecule has 2 N–H and O–H groups in total. The average molecular weight is 486 g/mol. The molecule has 4 aromatic rings. The summed E-state index contributed by atoms with van der Waals surface area (Å²) >= 11 is 1.53. The van der Waals surface area contributed by atoms with Crippen LogP contribution in [0.5, 0.6) is 0 Å². The van der Waals surface area contributed by atoms with Crippen LogP contribution in [-0.4, -0.2) is 67.4 Å². The molecular weight excluding hydrogens is 458 g/mol. The van der Waals surface area contributed by atoms with Crippen molar-refractivity contribution in [1.82, 2.24) is 15.2 Å². The maximum absolute atomic E-state index is 12.7. The molecule has 0 aliphatic carbocycles.